The van der Waals surface area contributed by atoms with Crippen LogP contribution in [0, 0.1) is 6.92 Å². The molecule has 0 fully saturated rings. The Kier molecular flexibility index (Phi) is 7.97. The van der Waals surface area contributed by atoms with Crippen molar-refractivity contribution in [1.29, 1.82) is 0 Å². The van der Waals surface area contributed by atoms with E-state index in [1.165, 1.54) is 29.5 Å². The molecule has 0 bridgehead atoms. The Balaban J connectivity index is 0.000000487. The summed E-state index contributed by atoms with van der Waals surface area (Å²) in [6.07, 6.45) is 3.78. The molecule has 16 heavy (non-hydrogen) atoms. The molecule has 0 nitrogen and oxygen atoms in total. The Hall–Kier alpha value is -0.780. The summed E-state index contributed by atoms with van der Waals surface area (Å²) in [5, 5.41) is 0. The van der Waals surface area contributed by atoms with Crippen molar-refractivity contribution in [3.05, 3.63) is 34.9 Å². The molecule has 0 aliphatic rings. The van der Waals surface area contributed by atoms with Gasteiger partial charge in [-0.05, 0) is 36.0 Å². The minimum absolute atomic E-state index is 0.650. The minimum Gasteiger partial charge on any atom is -0.0654 e. The molecule has 0 aromatic heterocycles. The molecule has 0 aliphatic heterocycles. The van der Waals surface area contributed by atoms with E-state index in [1.54, 1.807) is 0 Å². The van der Waals surface area contributed by atoms with Crippen LogP contribution in [0.1, 0.15) is 70.1 Å². The zero-order valence-corrected chi connectivity index (χ0v) is 11.9. The number of hydrogen-bond acceptors (Lipinski definition) is 0. The Morgan fingerprint density at radius 1 is 1.00 bits per heavy atom. The summed E-state index contributed by atoms with van der Waals surface area (Å²) in [5.74, 6) is 0.650. The topological polar surface area (TPSA) is 0 Å². The third-order valence-electron chi connectivity index (χ3n) is 2.99. The van der Waals surface area contributed by atoms with Crippen LogP contribution in [0.15, 0.2) is 18.2 Å². The first-order chi connectivity index (χ1) is 7.58. The van der Waals surface area contributed by atoms with Crippen LogP contribution in [0.25, 0.3) is 0 Å². The standard InChI is InChI=1S/C12H18.C4H10/c1-5-11-7-6-8-12(9(2)3)10(11)4;1-3-4-2/h6-9H,5H2,1-4H3;3-4H2,1-2H3. The highest BCUT2D eigenvalue weighted by Crippen LogP contribution is 2.21. The lowest BCUT2D eigenvalue weighted by molar-refractivity contribution is 0.850. The molecule has 0 N–H and O–H groups in total. The van der Waals surface area contributed by atoms with E-state index in [0.717, 1.165) is 6.42 Å². The van der Waals surface area contributed by atoms with Crippen molar-refractivity contribution in [3.63, 3.8) is 0 Å². The molecular formula is C16H28. The molecule has 0 aliphatic carbocycles. The predicted molar refractivity (Wildman–Crippen MR) is 75.2 cm³/mol. The first-order valence-electron chi connectivity index (χ1n) is 6.66. The van der Waals surface area contributed by atoms with Gasteiger partial charge in [0.05, 0.1) is 0 Å². The highest BCUT2D eigenvalue weighted by molar-refractivity contribution is 5.35. The van der Waals surface area contributed by atoms with Crippen LogP contribution >= 0.6 is 0 Å². The van der Waals surface area contributed by atoms with Gasteiger partial charge in [-0.2, -0.15) is 0 Å². The lowest BCUT2D eigenvalue weighted by atomic mass is 9.93. The summed E-state index contributed by atoms with van der Waals surface area (Å²) >= 11 is 0. The van der Waals surface area contributed by atoms with E-state index in [-0.39, 0.29) is 0 Å². The minimum atomic E-state index is 0.650. The van der Waals surface area contributed by atoms with Crippen LogP contribution in [0.4, 0.5) is 0 Å². The predicted octanol–water partition coefficient (Wildman–Crippen LogP) is 5.49. The molecule has 0 saturated heterocycles. The Bertz CT molecular complexity index is 282. The second kappa shape index (κ2) is 8.38. The maximum absolute atomic E-state index is 2.25. The summed E-state index contributed by atoms with van der Waals surface area (Å²) in [5.41, 5.74) is 4.46. The Morgan fingerprint density at radius 2 is 1.56 bits per heavy atom. The van der Waals surface area contributed by atoms with Crippen LogP contribution < -0.4 is 0 Å². The van der Waals surface area contributed by atoms with Gasteiger partial charge in [-0.15, -0.1) is 0 Å². The molecule has 0 heterocycles. The van der Waals surface area contributed by atoms with E-state index in [4.69, 9.17) is 0 Å². The number of rotatable bonds is 3. The molecule has 1 aromatic rings. The molecule has 0 unspecified atom stereocenters. The van der Waals surface area contributed by atoms with Crippen molar-refractivity contribution in [2.24, 2.45) is 0 Å². The monoisotopic (exact) mass is 220 g/mol. The van der Waals surface area contributed by atoms with Crippen molar-refractivity contribution in [3.8, 4) is 0 Å². The van der Waals surface area contributed by atoms with Gasteiger partial charge in [0.1, 0.15) is 0 Å². The van der Waals surface area contributed by atoms with E-state index in [9.17, 15) is 0 Å². The number of benzene rings is 1. The largest absolute Gasteiger partial charge is 0.0654 e. The highest BCUT2D eigenvalue weighted by Gasteiger charge is 2.04. The third kappa shape index (κ3) is 4.83. The van der Waals surface area contributed by atoms with Crippen molar-refractivity contribution in [2.45, 2.75) is 66.7 Å². The number of hydrogen-bond donors (Lipinski definition) is 0. The molecular weight excluding hydrogens is 192 g/mol. The second-order valence-electron chi connectivity index (χ2n) is 4.64. The second-order valence-corrected chi connectivity index (χ2v) is 4.64. The maximum Gasteiger partial charge on any atom is -0.0216 e. The summed E-state index contributed by atoms with van der Waals surface area (Å²) in [6, 6.07) is 6.63. The van der Waals surface area contributed by atoms with Crippen molar-refractivity contribution < 1.29 is 0 Å². The van der Waals surface area contributed by atoms with Gasteiger partial charge in [-0.25, -0.2) is 0 Å². The summed E-state index contributed by atoms with van der Waals surface area (Å²) in [7, 11) is 0. The van der Waals surface area contributed by atoms with Gasteiger partial charge >= 0.3 is 0 Å². The van der Waals surface area contributed by atoms with Gasteiger partial charge < -0.3 is 0 Å². The molecule has 0 spiro atoms. The van der Waals surface area contributed by atoms with Crippen LogP contribution in [0.3, 0.4) is 0 Å². The van der Waals surface area contributed by atoms with Crippen LogP contribution in [-0.2, 0) is 6.42 Å². The highest BCUT2D eigenvalue weighted by atomic mass is 14.1. The average molecular weight is 220 g/mol. The van der Waals surface area contributed by atoms with E-state index in [0.29, 0.717) is 5.92 Å². The molecule has 0 saturated carbocycles. The lowest BCUT2D eigenvalue weighted by Crippen LogP contribution is -1.95. The average Bonchev–Trinajstić information content (AvgIpc) is 2.29. The fraction of sp³-hybridized carbons (Fsp3) is 0.625. The SMILES string of the molecule is CCCC.CCc1cccc(C(C)C)c1C. The molecule has 1 rings (SSSR count). The van der Waals surface area contributed by atoms with Gasteiger partial charge in [0.25, 0.3) is 0 Å². The third-order valence-corrected chi connectivity index (χ3v) is 2.99. The zero-order valence-electron chi connectivity index (χ0n) is 11.9. The zero-order chi connectivity index (χ0) is 12.6. The summed E-state index contributed by atoms with van der Waals surface area (Å²) < 4.78 is 0. The quantitative estimate of drug-likeness (QED) is 0.632. The van der Waals surface area contributed by atoms with E-state index in [1.807, 2.05) is 0 Å². The molecule has 1 aromatic carbocycles. The lowest BCUT2D eigenvalue weighted by Gasteiger charge is -2.12. The van der Waals surface area contributed by atoms with Crippen LogP contribution in [-0.4, -0.2) is 0 Å². The molecule has 0 radical (unpaired) electrons. The fourth-order valence-electron chi connectivity index (χ4n) is 1.71. The Labute approximate surface area is 102 Å². The number of unbranched alkanes of at least 4 members (excludes halogenated alkanes) is 1. The van der Waals surface area contributed by atoms with Gasteiger partial charge in [-0.1, -0.05) is 65.7 Å². The first-order valence-corrected chi connectivity index (χ1v) is 6.66. The maximum atomic E-state index is 2.25. The van der Waals surface area contributed by atoms with Gasteiger partial charge in [-0.3, -0.25) is 0 Å². The number of aryl methyl sites for hydroxylation is 1. The molecule has 0 atom stereocenters. The van der Waals surface area contributed by atoms with Crippen LogP contribution in [0.5, 0.6) is 0 Å². The Morgan fingerprint density at radius 3 is 1.94 bits per heavy atom. The normalized spacial score (nSPS) is 9.94. The van der Waals surface area contributed by atoms with Gasteiger partial charge in [0.2, 0.25) is 0 Å². The molecule has 0 heteroatoms. The van der Waals surface area contributed by atoms with Crippen LogP contribution in [0.2, 0.25) is 0 Å². The molecule has 0 amide bonds. The molecule has 92 valence electrons. The van der Waals surface area contributed by atoms with E-state index >= 15 is 0 Å². The van der Waals surface area contributed by atoms with Crippen molar-refractivity contribution in [2.75, 3.05) is 0 Å². The van der Waals surface area contributed by atoms with E-state index in [2.05, 4.69) is 59.7 Å². The van der Waals surface area contributed by atoms with E-state index < -0.39 is 0 Å². The van der Waals surface area contributed by atoms with Gasteiger partial charge in [0.15, 0.2) is 0 Å². The smallest absolute Gasteiger partial charge is 0.0216 e. The van der Waals surface area contributed by atoms with Gasteiger partial charge in [0, 0.05) is 0 Å². The summed E-state index contributed by atoms with van der Waals surface area (Å²) in [4.78, 5) is 0. The van der Waals surface area contributed by atoms with Crippen molar-refractivity contribution >= 4 is 0 Å². The fourth-order valence-corrected chi connectivity index (χ4v) is 1.71. The summed E-state index contributed by atoms with van der Waals surface area (Å²) in [6.45, 7) is 13.3. The first kappa shape index (κ1) is 15.2. The van der Waals surface area contributed by atoms with Crippen molar-refractivity contribution in [1.82, 2.24) is 0 Å².